The van der Waals surface area contributed by atoms with E-state index in [9.17, 15) is 17.6 Å². The number of aromatic nitrogens is 1. The second-order valence-electron chi connectivity index (χ2n) is 4.81. The Morgan fingerprint density at radius 2 is 1.39 bits per heavy atom. The summed E-state index contributed by atoms with van der Waals surface area (Å²) < 4.78 is 53.4. The highest BCUT2D eigenvalue weighted by Crippen LogP contribution is 2.28. The number of pyridine rings is 1. The van der Waals surface area contributed by atoms with E-state index in [-0.39, 0.29) is 18.5 Å². The van der Waals surface area contributed by atoms with Crippen molar-refractivity contribution in [2.45, 2.75) is 33.7 Å². The van der Waals surface area contributed by atoms with Crippen LogP contribution in [0.3, 0.4) is 0 Å². The average Bonchev–Trinajstić information content (AvgIpc) is 2.24. The predicted molar refractivity (Wildman–Crippen MR) is 61.4 cm³/mol. The van der Waals surface area contributed by atoms with Crippen LogP contribution in [0.4, 0.5) is 23.2 Å². The third kappa shape index (κ3) is 2.91. The molecule has 0 aliphatic rings. The van der Waals surface area contributed by atoms with Crippen molar-refractivity contribution < 1.29 is 17.6 Å². The Bertz CT molecular complexity index is 406. The van der Waals surface area contributed by atoms with Gasteiger partial charge >= 0.3 is 0 Å². The molecule has 0 aliphatic carbocycles. The van der Waals surface area contributed by atoms with Crippen molar-refractivity contribution in [3.8, 4) is 0 Å². The van der Waals surface area contributed by atoms with Gasteiger partial charge in [-0.25, -0.2) is 0 Å². The molecule has 0 saturated carbocycles. The van der Waals surface area contributed by atoms with E-state index in [0.717, 1.165) is 0 Å². The van der Waals surface area contributed by atoms with Crippen LogP contribution in [0.25, 0.3) is 0 Å². The van der Waals surface area contributed by atoms with Crippen LogP contribution in [0.15, 0.2) is 0 Å². The molecule has 18 heavy (non-hydrogen) atoms. The van der Waals surface area contributed by atoms with Crippen molar-refractivity contribution in [1.82, 2.24) is 4.98 Å². The molecule has 0 aliphatic heterocycles. The summed E-state index contributed by atoms with van der Waals surface area (Å²) in [4.78, 5) is 3.84. The summed E-state index contributed by atoms with van der Waals surface area (Å²) >= 11 is 0. The molecule has 2 nitrogen and oxygen atoms in total. The second-order valence-corrected chi connectivity index (χ2v) is 4.81. The van der Waals surface area contributed by atoms with E-state index >= 15 is 0 Å². The van der Waals surface area contributed by atoms with Gasteiger partial charge in [0.2, 0.25) is 11.6 Å². The van der Waals surface area contributed by atoms with Crippen molar-refractivity contribution in [3.05, 3.63) is 23.5 Å². The van der Waals surface area contributed by atoms with E-state index in [1.54, 1.807) is 13.8 Å². The Labute approximate surface area is 104 Å². The maximum absolute atomic E-state index is 13.6. The lowest BCUT2D eigenvalue weighted by atomic mass is 10.1. The molecule has 102 valence electrons. The highest BCUT2D eigenvalue weighted by atomic mass is 19.2. The number of hydrogen-bond donors (Lipinski definition) is 0. The van der Waals surface area contributed by atoms with Gasteiger partial charge in [-0.15, -0.1) is 0 Å². The number of anilines is 1. The van der Waals surface area contributed by atoms with Crippen LogP contribution < -0.4 is 4.90 Å². The molecule has 0 bridgehead atoms. The van der Waals surface area contributed by atoms with Gasteiger partial charge in [-0.1, -0.05) is 13.8 Å². The first-order chi connectivity index (χ1) is 8.25. The van der Waals surface area contributed by atoms with E-state index in [0.29, 0.717) is 0 Å². The minimum Gasteiger partial charge on any atom is -0.364 e. The van der Waals surface area contributed by atoms with E-state index in [4.69, 9.17) is 0 Å². The fraction of sp³-hybridized carbons (Fsp3) is 0.583. The monoisotopic (exact) mass is 264 g/mol. The number of hydrogen-bond acceptors (Lipinski definition) is 2. The van der Waals surface area contributed by atoms with Crippen LogP contribution in [0, 0.1) is 29.4 Å². The molecule has 0 unspecified atom stereocenters. The first-order valence-corrected chi connectivity index (χ1v) is 5.72. The topological polar surface area (TPSA) is 16.1 Å². The summed E-state index contributed by atoms with van der Waals surface area (Å²) in [5.74, 6) is -6.08. The quantitative estimate of drug-likeness (QED) is 0.611. The van der Waals surface area contributed by atoms with Gasteiger partial charge in [-0.2, -0.15) is 22.5 Å². The summed E-state index contributed by atoms with van der Waals surface area (Å²) in [6.07, 6.45) is 0. The molecule has 0 radical (unpaired) electrons. The molecule has 1 aromatic rings. The van der Waals surface area contributed by atoms with Gasteiger partial charge in [0.25, 0.3) is 11.9 Å². The van der Waals surface area contributed by atoms with Crippen LogP contribution in [-0.2, 0) is 0 Å². The lowest BCUT2D eigenvalue weighted by molar-refractivity contribution is 0.400. The van der Waals surface area contributed by atoms with Crippen LogP contribution >= 0.6 is 0 Å². The van der Waals surface area contributed by atoms with Crippen molar-refractivity contribution in [2.24, 2.45) is 5.92 Å². The number of nitrogens with zero attached hydrogens (tertiary/aromatic N) is 2. The maximum atomic E-state index is 13.6. The maximum Gasteiger partial charge on any atom is 0.253 e. The Balaban J connectivity index is 3.35. The summed E-state index contributed by atoms with van der Waals surface area (Å²) in [6, 6.07) is -0.294. The molecule has 0 N–H and O–H groups in total. The van der Waals surface area contributed by atoms with Crippen LogP contribution in [-0.4, -0.2) is 17.6 Å². The molecule has 0 saturated heterocycles. The Kier molecular flexibility index (Phi) is 4.53. The average molecular weight is 264 g/mol. The first kappa shape index (κ1) is 14.7. The van der Waals surface area contributed by atoms with Gasteiger partial charge in [0.05, 0.1) is 0 Å². The largest absolute Gasteiger partial charge is 0.364 e. The molecule has 0 spiro atoms. The van der Waals surface area contributed by atoms with Gasteiger partial charge in [-0.3, -0.25) is 0 Å². The van der Waals surface area contributed by atoms with Crippen LogP contribution in [0.2, 0.25) is 0 Å². The van der Waals surface area contributed by atoms with E-state index in [1.165, 1.54) is 4.90 Å². The molecule has 6 heteroatoms. The molecule has 1 heterocycles. The molecular formula is C12H16F4N2. The normalized spacial score (nSPS) is 11.4. The SMILES string of the molecule is CC(C)CN(c1c(F)c(F)nc(F)c1F)C(C)C. The van der Waals surface area contributed by atoms with Crippen LogP contribution in [0.5, 0.6) is 0 Å². The van der Waals surface area contributed by atoms with Gasteiger partial charge in [0.15, 0.2) is 0 Å². The third-order valence-corrected chi connectivity index (χ3v) is 2.45. The van der Waals surface area contributed by atoms with E-state index in [2.05, 4.69) is 4.98 Å². The van der Waals surface area contributed by atoms with Crippen LogP contribution in [0.1, 0.15) is 27.7 Å². The van der Waals surface area contributed by atoms with Gasteiger partial charge in [0, 0.05) is 12.6 Å². The zero-order valence-electron chi connectivity index (χ0n) is 10.8. The summed E-state index contributed by atoms with van der Waals surface area (Å²) in [7, 11) is 0. The lowest BCUT2D eigenvalue weighted by Crippen LogP contribution is -2.36. The fourth-order valence-electron chi connectivity index (χ4n) is 1.68. The smallest absolute Gasteiger partial charge is 0.253 e. The van der Waals surface area contributed by atoms with Crippen molar-refractivity contribution in [3.63, 3.8) is 0 Å². The zero-order chi connectivity index (χ0) is 14.0. The minimum absolute atomic E-state index is 0.0884. The number of rotatable bonds is 4. The van der Waals surface area contributed by atoms with Gasteiger partial charge in [-0.05, 0) is 19.8 Å². The Morgan fingerprint density at radius 3 is 1.72 bits per heavy atom. The Hall–Kier alpha value is -1.33. The third-order valence-electron chi connectivity index (χ3n) is 2.45. The number of halogens is 4. The van der Waals surface area contributed by atoms with Crippen molar-refractivity contribution in [1.29, 1.82) is 0 Å². The Morgan fingerprint density at radius 1 is 0.944 bits per heavy atom. The standard InChI is InChI=1S/C12H16F4N2/c1-6(2)5-18(7(3)4)10-8(13)11(15)17-12(16)9(10)14/h6-7H,5H2,1-4H3. The summed E-state index contributed by atoms with van der Waals surface area (Å²) in [6.45, 7) is 7.36. The first-order valence-electron chi connectivity index (χ1n) is 5.72. The molecule has 0 fully saturated rings. The highest BCUT2D eigenvalue weighted by molar-refractivity contribution is 5.49. The fourth-order valence-corrected chi connectivity index (χ4v) is 1.68. The second kappa shape index (κ2) is 5.54. The molecule has 1 aromatic heterocycles. The minimum atomic E-state index is -1.63. The van der Waals surface area contributed by atoms with E-state index in [1.807, 2.05) is 13.8 Å². The van der Waals surface area contributed by atoms with Gasteiger partial charge in [0.1, 0.15) is 5.69 Å². The molecule has 0 aromatic carbocycles. The molecule has 0 amide bonds. The van der Waals surface area contributed by atoms with Crippen molar-refractivity contribution in [2.75, 3.05) is 11.4 Å². The highest BCUT2D eigenvalue weighted by Gasteiger charge is 2.27. The lowest BCUT2D eigenvalue weighted by Gasteiger charge is -2.31. The summed E-state index contributed by atoms with van der Waals surface area (Å²) in [5, 5.41) is 0. The summed E-state index contributed by atoms with van der Waals surface area (Å²) in [5.41, 5.74) is -0.691. The van der Waals surface area contributed by atoms with Gasteiger partial charge < -0.3 is 4.90 Å². The zero-order valence-corrected chi connectivity index (χ0v) is 10.8. The van der Waals surface area contributed by atoms with E-state index < -0.39 is 29.2 Å². The van der Waals surface area contributed by atoms with Crippen molar-refractivity contribution >= 4 is 5.69 Å². The molecule has 1 rings (SSSR count). The predicted octanol–water partition coefficient (Wildman–Crippen LogP) is 3.51. The molecular weight excluding hydrogens is 248 g/mol. The molecule has 0 atom stereocenters.